The number of thiophene rings is 2. The predicted octanol–water partition coefficient (Wildman–Crippen LogP) is 14.2. The minimum absolute atomic E-state index is 0. The number of anilines is 2. The van der Waals surface area contributed by atoms with Crippen molar-refractivity contribution in [1.82, 2.24) is 9.97 Å². The largest absolute Gasteiger partial charge is 0.495 e. The van der Waals surface area contributed by atoms with Crippen LogP contribution in [0.25, 0.3) is 30.9 Å². The number of nitrogens with one attached hydrogen (secondary N) is 2. The van der Waals surface area contributed by atoms with Crippen LogP contribution in [0.15, 0.2) is 112 Å². The summed E-state index contributed by atoms with van der Waals surface area (Å²) in [6.07, 6.45) is 0. The zero-order chi connectivity index (χ0) is 42.8. The first-order chi connectivity index (χ1) is 28.6. The van der Waals surface area contributed by atoms with Crippen LogP contribution in [0, 0.1) is 13.8 Å². The van der Waals surface area contributed by atoms with Gasteiger partial charge in [0, 0.05) is 4.88 Å². The molecule has 1 saturated heterocycles. The quantitative estimate of drug-likeness (QED) is 0.161. The first-order valence-corrected chi connectivity index (χ1v) is 23.5. The summed E-state index contributed by atoms with van der Waals surface area (Å²) in [5.41, 5.74) is 10.9. The number of carbonyl (C=O) groups is 2. The maximum Gasteiger partial charge on any atom is 0.495 e. The molecule has 4 aromatic heterocycles. The number of amides is 2. The van der Waals surface area contributed by atoms with Crippen molar-refractivity contribution in [2.45, 2.75) is 60.2 Å². The average Bonchev–Trinajstić information content (AvgIpc) is 4.05. The van der Waals surface area contributed by atoms with Gasteiger partial charge in [-0.2, -0.15) is 0 Å². The fourth-order valence-corrected chi connectivity index (χ4v) is 10.2. The number of halogens is 3. The van der Waals surface area contributed by atoms with E-state index >= 15 is 0 Å². The number of rotatable bonds is 6. The van der Waals surface area contributed by atoms with Crippen molar-refractivity contribution in [2.24, 2.45) is 0 Å². The monoisotopic (exact) mass is 990 g/mol. The minimum Gasteiger partial charge on any atom is -0.399 e. The molecule has 4 aromatic carbocycles. The molecule has 9 rings (SSSR count). The van der Waals surface area contributed by atoms with Gasteiger partial charge in [0.1, 0.15) is 0 Å². The van der Waals surface area contributed by atoms with Gasteiger partial charge in [0.05, 0.1) is 77.6 Å². The molecule has 1 aliphatic rings. The van der Waals surface area contributed by atoms with E-state index in [1.54, 1.807) is 53.0 Å². The normalized spacial score (nSPS) is 13.8. The van der Waals surface area contributed by atoms with Crippen molar-refractivity contribution in [1.29, 1.82) is 0 Å². The Morgan fingerprint density at radius 3 is 1.69 bits per heavy atom. The summed E-state index contributed by atoms with van der Waals surface area (Å²) in [5.74, 6) is -0.305. The predicted molar refractivity (Wildman–Crippen MR) is 265 cm³/mol. The highest BCUT2D eigenvalue weighted by Gasteiger charge is 2.52. The molecule has 8 nitrogen and oxygen atoms in total. The summed E-state index contributed by atoms with van der Waals surface area (Å²) in [6, 6.07) is 30.3. The fraction of sp³-hybridized carbons (Fsp3) is 0.200. The third kappa shape index (κ3) is 10.8. The van der Waals surface area contributed by atoms with Crippen LogP contribution in [0.5, 0.6) is 0 Å². The van der Waals surface area contributed by atoms with E-state index in [9.17, 15) is 9.59 Å². The molecule has 0 atom stereocenters. The van der Waals surface area contributed by atoms with Gasteiger partial charge in [-0.05, 0) is 152 Å². The van der Waals surface area contributed by atoms with E-state index < -0.39 is 0 Å². The maximum atomic E-state index is 12.5. The Hall–Kier alpha value is -3.96. The van der Waals surface area contributed by atoms with Crippen molar-refractivity contribution in [3.05, 3.63) is 143 Å². The maximum absolute atomic E-state index is 12.5. The van der Waals surface area contributed by atoms with Crippen molar-refractivity contribution >= 4 is 141 Å². The Balaban J connectivity index is 0.000000156. The summed E-state index contributed by atoms with van der Waals surface area (Å²) in [5, 5.41) is 6.68. The Morgan fingerprint density at radius 1 is 0.672 bits per heavy atom. The highest BCUT2D eigenvalue weighted by Crippen LogP contribution is 2.38. The number of nitrogens with zero attached hydrogens (tertiary/aromatic N) is 2. The van der Waals surface area contributed by atoms with E-state index in [1.165, 1.54) is 43.2 Å². The number of fused-ring (bicyclic) bond motifs is 2. The smallest absolute Gasteiger partial charge is 0.399 e. The SMILES string of the molecule is C.Cc1cc2scnc2cc1-c1ccc(C(=O)Nc2ccccc2Cl)s1.Cc1cc2scnc2cc1B1OC(C)(C)C(C)(C)O1.O=C(Nc1ccccc1Cl)c1ccc(Br)s1. The van der Waals surface area contributed by atoms with Gasteiger partial charge >= 0.3 is 7.12 Å². The molecule has 1 aliphatic heterocycles. The van der Waals surface area contributed by atoms with Crippen LogP contribution in [0.4, 0.5) is 11.4 Å². The van der Waals surface area contributed by atoms with E-state index in [0.717, 1.165) is 30.7 Å². The van der Waals surface area contributed by atoms with Crippen LogP contribution < -0.4 is 16.1 Å². The molecule has 314 valence electrons. The minimum atomic E-state index is -0.309. The molecule has 5 heterocycles. The van der Waals surface area contributed by atoms with E-state index in [0.29, 0.717) is 31.2 Å². The molecule has 0 aliphatic carbocycles. The number of para-hydroxylation sites is 2. The standard InChI is InChI=1S/C19H13ClN2OS2.C14H18BNO2S.C11H7BrClNOS.CH4/c1-11-8-18-15(21-10-24-18)9-12(11)16-6-7-17(25-16)19(23)22-14-5-3-2-4-13(14)20;1-9-6-12-11(16-8-19-12)7-10(9)15-17-13(2,3)14(4,5)18-15;12-10-6-5-9(16-10)11(15)14-8-4-2-1-3-7(8)13;/h2-10H,1H3,(H,22,23);6-8H,1-5H3;1-6H,(H,14,15);1H4. The molecule has 0 bridgehead atoms. The van der Waals surface area contributed by atoms with Crippen molar-refractivity contribution in [3.8, 4) is 10.4 Å². The van der Waals surface area contributed by atoms with Crippen LogP contribution in [0.1, 0.15) is 65.6 Å². The number of thiazole rings is 2. The summed E-state index contributed by atoms with van der Waals surface area (Å²) >= 11 is 21.5. The van der Waals surface area contributed by atoms with Gasteiger partial charge in [-0.1, -0.05) is 54.9 Å². The van der Waals surface area contributed by atoms with Gasteiger partial charge in [0.2, 0.25) is 0 Å². The molecule has 8 aromatic rings. The summed E-state index contributed by atoms with van der Waals surface area (Å²) in [7, 11) is -0.309. The van der Waals surface area contributed by atoms with Crippen molar-refractivity contribution in [3.63, 3.8) is 0 Å². The highest BCUT2D eigenvalue weighted by atomic mass is 79.9. The van der Waals surface area contributed by atoms with Crippen LogP contribution in [-0.2, 0) is 9.31 Å². The van der Waals surface area contributed by atoms with Crippen molar-refractivity contribution < 1.29 is 18.9 Å². The number of hydrogen-bond donors (Lipinski definition) is 2. The Morgan fingerprint density at radius 2 is 1.16 bits per heavy atom. The van der Waals surface area contributed by atoms with Gasteiger partial charge < -0.3 is 19.9 Å². The van der Waals surface area contributed by atoms with Crippen molar-refractivity contribution in [2.75, 3.05) is 10.6 Å². The zero-order valence-electron chi connectivity index (χ0n) is 33.3. The second-order valence-corrected chi connectivity index (χ2v) is 20.9. The topological polar surface area (TPSA) is 102 Å². The lowest BCUT2D eigenvalue weighted by atomic mass is 9.76. The first-order valence-electron chi connectivity index (χ1n) is 18.6. The molecule has 0 spiro atoms. The fourth-order valence-electron chi connectivity index (χ4n) is 6.05. The Kier molecular flexibility index (Phi) is 15.0. The summed E-state index contributed by atoms with van der Waals surface area (Å²) in [4.78, 5) is 35.4. The lowest BCUT2D eigenvalue weighted by molar-refractivity contribution is 0.00578. The van der Waals surface area contributed by atoms with Gasteiger partial charge in [-0.25, -0.2) is 9.97 Å². The molecule has 16 heteroatoms. The van der Waals surface area contributed by atoms with Crippen LogP contribution in [0.3, 0.4) is 0 Å². The Labute approximate surface area is 390 Å². The number of aromatic nitrogens is 2. The summed E-state index contributed by atoms with van der Waals surface area (Å²) in [6.45, 7) is 12.5. The molecule has 2 amide bonds. The lowest BCUT2D eigenvalue weighted by Crippen LogP contribution is -2.41. The van der Waals surface area contributed by atoms with E-state index in [-0.39, 0.29) is 37.6 Å². The van der Waals surface area contributed by atoms with Crippen LogP contribution in [0.2, 0.25) is 10.0 Å². The third-order valence-corrected chi connectivity index (χ3v) is 15.0. The molecule has 2 N–H and O–H groups in total. The first kappa shape index (κ1) is 46.5. The van der Waals surface area contributed by atoms with Gasteiger partial charge in [-0.15, -0.1) is 45.3 Å². The summed E-state index contributed by atoms with van der Waals surface area (Å²) < 4.78 is 15.5. The van der Waals surface area contributed by atoms with E-state index in [2.05, 4.69) is 102 Å². The molecular formula is C45H42BBrCl2N4O4S4. The van der Waals surface area contributed by atoms with Gasteiger partial charge in [-0.3, -0.25) is 9.59 Å². The molecule has 0 unspecified atom stereocenters. The average molecular weight is 993 g/mol. The Bertz CT molecular complexity index is 2820. The number of aryl methyl sites for hydroxylation is 2. The number of carbonyl (C=O) groups excluding carboxylic acids is 2. The van der Waals surface area contributed by atoms with E-state index in [1.807, 2.05) is 53.5 Å². The molecule has 0 saturated carbocycles. The molecular weight excluding hydrogens is 950 g/mol. The molecule has 0 radical (unpaired) electrons. The number of benzene rings is 4. The van der Waals surface area contributed by atoms with Crippen LogP contribution >= 0.6 is 84.5 Å². The highest BCUT2D eigenvalue weighted by molar-refractivity contribution is 9.11. The molecule has 61 heavy (non-hydrogen) atoms. The second kappa shape index (κ2) is 19.6. The lowest BCUT2D eigenvalue weighted by Gasteiger charge is -2.32. The number of hydrogen-bond acceptors (Lipinski definition) is 10. The molecule has 1 fully saturated rings. The van der Waals surface area contributed by atoms with Crippen LogP contribution in [-0.4, -0.2) is 40.1 Å². The second-order valence-electron chi connectivity index (χ2n) is 14.7. The third-order valence-electron chi connectivity index (χ3n) is 10.0. The van der Waals surface area contributed by atoms with Gasteiger partial charge in [0.25, 0.3) is 11.8 Å². The zero-order valence-corrected chi connectivity index (χ0v) is 39.6. The van der Waals surface area contributed by atoms with E-state index in [4.69, 9.17) is 32.5 Å². The van der Waals surface area contributed by atoms with Gasteiger partial charge in [0.15, 0.2) is 0 Å².